The third-order valence-corrected chi connectivity index (χ3v) is 3.30. The Labute approximate surface area is 115 Å². The van der Waals surface area contributed by atoms with Gasteiger partial charge in [-0.25, -0.2) is 0 Å². The van der Waals surface area contributed by atoms with E-state index in [0.29, 0.717) is 0 Å². The zero-order valence-corrected chi connectivity index (χ0v) is 11.9. The maximum absolute atomic E-state index is 5.73. The van der Waals surface area contributed by atoms with Crippen molar-refractivity contribution >= 4 is 33.0 Å². The van der Waals surface area contributed by atoms with Crippen molar-refractivity contribution in [3.8, 4) is 5.75 Å². The molecule has 0 saturated carbocycles. The van der Waals surface area contributed by atoms with Gasteiger partial charge in [-0.1, -0.05) is 0 Å². The number of halogens is 1. The number of anilines is 3. The number of nitrogen functional groups attached to an aromatic ring is 1. The molecular weight excluding hydrogens is 292 g/mol. The van der Waals surface area contributed by atoms with Gasteiger partial charge in [-0.15, -0.1) is 0 Å². The van der Waals surface area contributed by atoms with E-state index in [9.17, 15) is 0 Å². The second-order valence-electron chi connectivity index (χ2n) is 4.05. The van der Waals surface area contributed by atoms with Crippen LogP contribution in [0, 0.1) is 6.92 Å². The molecule has 0 heterocycles. The summed E-state index contributed by atoms with van der Waals surface area (Å²) in [5.41, 5.74) is 9.65. The summed E-state index contributed by atoms with van der Waals surface area (Å²) < 4.78 is 6.12. The van der Waals surface area contributed by atoms with Crippen molar-refractivity contribution in [1.82, 2.24) is 0 Å². The number of methoxy groups -OCH3 is 1. The molecule has 0 bridgehead atoms. The average Bonchev–Trinajstić information content (AvgIpc) is 2.33. The summed E-state index contributed by atoms with van der Waals surface area (Å²) in [5, 5.41) is 3.35. The molecule has 94 valence electrons. The highest BCUT2D eigenvalue weighted by Gasteiger charge is 2.03. The molecule has 0 fully saturated rings. The van der Waals surface area contributed by atoms with E-state index >= 15 is 0 Å². The molecular formula is C14H15BrN2O. The molecule has 18 heavy (non-hydrogen) atoms. The zero-order valence-electron chi connectivity index (χ0n) is 10.3. The highest BCUT2D eigenvalue weighted by molar-refractivity contribution is 9.10. The second kappa shape index (κ2) is 5.31. The fourth-order valence-electron chi connectivity index (χ4n) is 1.73. The highest BCUT2D eigenvalue weighted by atomic mass is 79.9. The third-order valence-electron chi connectivity index (χ3n) is 2.68. The summed E-state index contributed by atoms with van der Waals surface area (Å²) in [6.45, 7) is 2.03. The molecule has 0 aliphatic rings. The van der Waals surface area contributed by atoms with Gasteiger partial charge in [-0.05, 0) is 64.8 Å². The Morgan fingerprint density at radius 1 is 1.17 bits per heavy atom. The lowest BCUT2D eigenvalue weighted by Crippen LogP contribution is -1.95. The minimum Gasteiger partial charge on any atom is -0.496 e. The van der Waals surface area contributed by atoms with Gasteiger partial charge in [-0.3, -0.25) is 0 Å². The van der Waals surface area contributed by atoms with Crippen LogP contribution in [0.1, 0.15) is 5.56 Å². The van der Waals surface area contributed by atoms with E-state index in [1.807, 2.05) is 43.3 Å². The average molecular weight is 307 g/mol. The third kappa shape index (κ3) is 2.76. The molecule has 0 aromatic heterocycles. The van der Waals surface area contributed by atoms with Crippen LogP contribution in [0.25, 0.3) is 0 Å². The largest absolute Gasteiger partial charge is 0.496 e. The van der Waals surface area contributed by atoms with Crippen molar-refractivity contribution in [2.24, 2.45) is 0 Å². The zero-order chi connectivity index (χ0) is 13.1. The van der Waals surface area contributed by atoms with Gasteiger partial charge in [0.25, 0.3) is 0 Å². The minimum absolute atomic E-state index is 0.772. The van der Waals surface area contributed by atoms with Gasteiger partial charge in [0, 0.05) is 17.1 Å². The van der Waals surface area contributed by atoms with Gasteiger partial charge in [-0.2, -0.15) is 0 Å². The molecule has 2 aromatic carbocycles. The van der Waals surface area contributed by atoms with Crippen LogP contribution in [0.4, 0.5) is 17.1 Å². The Bertz CT molecular complexity index is 570. The number of ether oxygens (including phenoxy) is 1. The molecule has 3 nitrogen and oxygen atoms in total. The van der Waals surface area contributed by atoms with Gasteiger partial charge in [0.2, 0.25) is 0 Å². The molecule has 0 radical (unpaired) electrons. The quantitative estimate of drug-likeness (QED) is 0.840. The predicted molar refractivity (Wildman–Crippen MR) is 79.6 cm³/mol. The maximum Gasteiger partial charge on any atom is 0.133 e. The molecule has 0 spiro atoms. The summed E-state index contributed by atoms with van der Waals surface area (Å²) in [6, 6.07) is 11.7. The minimum atomic E-state index is 0.772. The molecule has 0 amide bonds. The predicted octanol–water partition coefficient (Wildman–Crippen LogP) is 4.09. The highest BCUT2D eigenvalue weighted by Crippen LogP contribution is 2.30. The first-order valence-electron chi connectivity index (χ1n) is 5.57. The summed E-state index contributed by atoms with van der Waals surface area (Å²) >= 11 is 3.47. The lowest BCUT2D eigenvalue weighted by atomic mass is 10.1. The van der Waals surface area contributed by atoms with Crippen molar-refractivity contribution < 1.29 is 4.74 Å². The van der Waals surface area contributed by atoms with Crippen LogP contribution >= 0.6 is 15.9 Å². The smallest absolute Gasteiger partial charge is 0.133 e. The van der Waals surface area contributed by atoms with E-state index in [1.165, 1.54) is 0 Å². The molecule has 0 aliphatic carbocycles. The topological polar surface area (TPSA) is 47.3 Å². The molecule has 3 N–H and O–H groups in total. The Morgan fingerprint density at radius 2 is 1.94 bits per heavy atom. The lowest BCUT2D eigenvalue weighted by Gasteiger charge is -2.11. The number of nitrogens with two attached hydrogens (primary N) is 1. The van der Waals surface area contributed by atoms with Gasteiger partial charge in [0.15, 0.2) is 0 Å². The molecule has 0 unspecified atom stereocenters. The SMILES string of the molecule is COc1ccc(Nc2ccc(N)cc2C)cc1Br. The van der Waals surface area contributed by atoms with Crippen LogP contribution in [0.15, 0.2) is 40.9 Å². The summed E-state index contributed by atoms with van der Waals surface area (Å²) in [5.74, 6) is 0.814. The maximum atomic E-state index is 5.73. The molecule has 0 saturated heterocycles. The van der Waals surface area contributed by atoms with Crippen LogP contribution in [0.3, 0.4) is 0 Å². The van der Waals surface area contributed by atoms with Crippen molar-refractivity contribution in [2.45, 2.75) is 6.92 Å². The van der Waals surface area contributed by atoms with Crippen LogP contribution in [-0.4, -0.2) is 7.11 Å². The van der Waals surface area contributed by atoms with Gasteiger partial charge >= 0.3 is 0 Å². The molecule has 0 aliphatic heterocycles. The van der Waals surface area contributed by atoms with E-state index in [-0.39, 0.29) is 0 Å². The van der Waals surface area contributed by atoms with Gasteiger partial charge in [0.1, 0.15) is 5.75 Å². The Balaban J connectivity index is 2.26. The fraction of sp³-hybridized carbons (Fsp3) is 0.143. The number of benzene rings is 2. The Kier molecular flexibility index (Phi) is 3.77. The van der Waals surface area contributed by atoms with Crippen LogP contribution < -0.4 is 15.8 Å². The normalized spacial score (nSPS) is 10.2. The number of aryl methyl sites for hydroxylation is 1. The van der Waals surface area contributed by atoms with Crippen molar-refractivity contribution in [2.75, 3.05) is 18.2 Å². The van der Waals surface area contributed by atoms with E-state index < -0.39 is 0 Å². The molecule has 2 rings (SSSR count). The Morgan fingerprint density at radius 3 is 2.56 bits per heavy atom. The Hall–Kier alpha value is -1.68. The van der Waals surface area contributed by atoms with Crippen molar-refractivity contribution in [3.63, 3.8) is 0 Å². The van der Waals surface area contributed by atoms with Crippen molar-refractivity contribution in [3.05, 3.63) is 46.4 Å². The number of rotatable bonds is 3. The fourth-order valence-corrected chi connectivity index (χ4v) is 2.27. The van der Waals surface area contributed by atoms with E-state index in [4.69, 9.17) is 10.5 Å². The summed E-state index contributed by atoms with van der Waals surface area (Å²) in [7, 11) is 1.65. The van der Waals surface area contributed by atoms with E-state index in [1.54, 1.807) is 7.11 Å². The van der Waals surface area contributed by atoms with Crippen LogP contribution in [-0.2, 0) is 0 Å². The first-order chi connectivity index (χ1) is 8.60. The molecule has 2 aromatic rings. The first-order valence-corrected chi connectivity index (χ1v) is 6.36. The molecule has 0 atom stereocenters. The summed E-state index contributed by atoms with van der Waals surface area (Å²) in [4.78, 5) is 0. The monoisotopic (exact) mass is 306 g/mol. The van der Waals surface area contributed by atoms with E-state index in [2.05, 4.69) is 21.2 Å². The van der Waals surface area contributed by atoms with Crippen LogP contribution in [0.2, 0.25) is 0 Å². The van der Waals surface area contributed by atoms with E-state index in [0.717, 1.165) is 32.8 Å². The molecule has 4 heteroatoms. The van der Waals surface area contributed by atoms with Gasteiger partial charge < -0.3 is 15.8 Å². The number of nitrogens with one attached hydrogen (secondary N) is 1. The standard InChI is InChI=1S/C14H15BrN2O/c1-9-7-10(16)3-5-13(9)17-11-4-6-14(18-2)12(15)8-11/h3-8,17H,16H2,1-2H3. The number of hydrogen-bond donors (Lipinski definition) is 2. The first kappa shape index (κ1) is 12.8. The van der Waals surface area contributed by atoms with Crippen LogP contribution in [0.5, 0.6) is 5.75 Å². The van der Waals surface area contributed by atoms with Crippen molar-refractivity contribution in [1.29, 1.82) is 0 Å². The lowest BCUT2D eigenvalue weighted by molar-refractivity contribution is 0.412. The second-order valence-corrected chi connectivity index (χ2v) is 4.90. The number of hydrogen-bond acceptors (Lipinski definition) is 3. The van der Waals surface area contributed by atoms with Gasteiger partial charge in [0.05, 0.1) is 11.6 Å². The summed E-state index contributed by atoms with van der Waals surface area (Å²) in [6.07, 6.45) is 0.